The van der Waals surface area contributed by atoms with Crippen molar-refractivity contribution in [3.8, 4) is 5.75 Å². The molecule has 0 aliphatic heterocycles. The minimum Gasteiger partial charge on any atom is -0.493 e. The first-order valence-electron chi connectivity index (χ1n) is 8.15. The number of hydrazine groups is 1. The van der Waals surface area contributed by atoms with Crippen LogP contribution in [-0.4, -0.2) is 35.9 Å². The van der Waals surface area contributed by atoms with E-state index in [0.29, 0.717) is 12.4 Å². The van der Waals surface area contributed by atoms with Gasteiger partial charge in [-0.1, -0.05) is 18.2 Å². The Bertz CT molecular complexity index is 898. The molecule has 0 aliphatic carbocycles. The first-order chi connectivity index (χ1) is 13.4. The minimum atomic E-state index is -0.791. The Morgan fingerprint density at radius 1 is 1.07 bits per heavy atom. The van der Waals surface area contributed by atoms with Crippen molar-refractivity contribution in [1.82, 2.24) is 10.9 Å². The topological polar surface area (TPSA) is 137 Å². The van der Waals surface area contributed by atoms with Gasteiger partial charge < -0.3 is 9.47 Å². The standard InChI is InChI=1S/C18H17N3O7/c1-2-27-15-9-4-3-8-14(15)18(24)28-11-16(22)19-20-17(23)12-6-5-7-13(10-12)21(25)26/h3-10H,2,11H2,1H3,(H,19,22)(H,20,23). The Balaban J connectivity index is 1.86. The number of rotatable bonds is 7. The van der Waals surface area contributed by atoms with E-state index in [0.717, 1.165) is 6.07 Å². The average molecular weight is 387 g/mol. The molecule has 146 valence electrons. The highest BCUT2D eigenvalue weighted by Crippen LogP contribution is 2.18. The number of amides is 2. The van der Waals surface area contributed by atoms with Gasteiger partial charge in [-0.05, 0) is 25.1 Å². The molecule has 2 aromatic carbocycles. The van der Waals surface area contributed by atoms with Crippen LogP contribution in [0.5, 0.6) is 5.75 Å². The molecule has 0 saturated heterocycles. The monoisotopic (exact) mass is 387 g/mol. The van der Waals surface area contributed by atoms with Crippen molar-refractivity contribution in [2.75, 3.05) is 13.2 Å². The van der Waals surface area contributed by atoms with Crippen molar-refractivity contribution in [2.24, 2.45) is 0 Å². The number of non-ortho nitro benzene ring substituents is 1. The Morgan fingerprint density at radius 2 is 1.82 bits per heavy atom. The lowest BCUT2D eigenvalue weighted by Gasteiger charge is -2.10. The van der Waals surface area contributed by atoms with Crippen molar-refractivity contribution in [3.63, 3.8) is 0 Å². The molecule has 10 nitrogen and oxygen atoms in total. The molecular weight excluding hydrogens is 370 g/mol. The third-order valence-electron chi connectivity index (χ3n) is 3.38. The van der Waals surface area contributed by atoms with Crippen molar-refractivity contribution >= 4 is 23.5 Å². The number of nitrogens with one attached hydrogen (secondary N) is 2. The van der Waals surface area contributed by atoms with Crippen LogP contribution in [0, 0.1) is 10.1 Å². The summed E-state index contributed by atoms with van der Waals surface area (Å²) in [6.45, 7) is 1.47. The number of hydrogen-bond donors (Lipinski definition) is 2. The normalized spacial score (nSPS) is 9.89. The van der Waals surface area contributed by atoms with E-state index in [9.17, 15) is 24.5 Å². The molecule has 2 aromatic rings. The number of carbonyl (C=O) groups is 3. The molecular formula is C18H17N3O7. The van der Waals surface area contributed by atoms with Crippen LogP contribution in [0.2, 0.25) is 0 Å². The second kappa shape index (κ2) is 9.67. The summed E-state index contributed by atoms with van der Waals surface area (Å²) in [7, 11) is 0. The number of hydrogen-bond acceptors (Lipinski definition) is 7. The molecule has 0 aliphatic rings. The molecule has 2 rings (SSSR count). The predicted octanol–water partition coefficient (Wildman–Crippen LogP) is 1.61. The van der Waals surface area contributed by atoms with Crippen LogP contribution >= 0.6 is 0 Å². The summed E-state index contributed by atoms with van der Waals surface area (Å²) >= 11 is 0. The van der Waals surface area contributed by atoms with E-state index in [2.05, 4.69) is 10.9 Å². The van der Waals surface area contributed by atoms with Crippen LogP contribution in [0.15, 0.2) is 48.5 Å². The van der Waals surface area contributed by atoms with Gasteiger partial charge in [0.25, 0.3) is 17.5 Å². The van der Waals surface area contributed by atoms with E-state index in [1.165, 1.54) is 24.3 Å². The number of esters is 1. The molecule has 0 fully saturated rings. The lowest BCUT2D eigenvalue weighted by molar-refractivity contribution is -0.384. The van der Waals surface area contributed by atoms with E-state index in [1.807, 2.05) is 0 Å². The van der Waals surface area contributed by atoms with Gasteiger partial charge in [-0.3, -0.25) is 30.6 Å². The summed E-state index contributed by atoms with van der Waals surface area (Å²) < 4.78 is 10.2. The zero-order chi connectivity index (χ0) is 20.5. The van der Waals surface area contributed by atoms with Crippen LogP contribution in [-0.2, 0) is 9.53 Å². The fourth-order valence-electron chi connectivity index (χ4n) is 2.12. The first-order valence-corrected chi connectivity index (χ1v) is 8.15. The van der Waals surface area contributed by atoms with Crippen LogP contribution in [0.1, 0.15) is 27.6 Å². The maximum atomic E-state index is 12.1. The predicted molar refractivity (Wildman–Crippen MR) is 96.6 cm³/mol. The molecule has 0 spiro atoms. The van der Waals surface area contributed by atoms with Crippen LogP contribution in [0.3, 0.4) is 0 Å². The molecule has 0 radical (unpaired) electrons. The quantitative estimate of drug-likeness (QED) is 0.418. The second-order valence-electron chi connectivity index (χ2n) is 5.32. The highest BCUT2D eigenvalue weighted by molar-refractivity contribution is 5.97. The zero-order valence-corrected chi connectivity index (χ0v) is 14.8. The highest BCUT2D eigenvalue weighted by atomic mass is 16.6. The van der Waals surface area contributed by atoms with Gasteiger partial charge in [0.05, 0.1) is 11.5 Å². The van der Waals surface area contributed by atoms with Gasteiger partial charge >= 0.3 is 5.97 Å². The van der Waals surface area contributed by atoms with E-state index < -0.39 is 29.3 Å². The Hall–Kier alpha value is -3.95. The summed E-state index contributed by atoms with van der Waals surface area (Å²) in [5.74, 6) is -1.98. The van der Waals surface area contributed by atoms with Gasteiger partial charge in [0.1, 0.15) is 11.3 Å². The average Bonchev–Trinajstić information content (AvgIpc) is 2.71. The third-order valence-corrected chi connectivity index (χ3v) is 3.38. The SMILES string of the molecule is CCOc1ccccc1C(=O)OCC(=O)NNC(=O)c1cccc([N+](=O)[O-])c1. The van der Waals surface area contributed by atoms with Crippen molar-refractivity contribution in [3.05, 3.63) is 69.8 Å². The number of nitro groups is 1. The summed E-state index contributed by atoms with van der Waals surface area (Å²) in [6.07, 6.45) is 0. The number of nitro benzene ring substituents is 1. The van der Waals surface area contributed by atoms with Gasteiger partial charge in [0.2, 0.25) is 0 Å². The van der Waals surface area contributed by atoms with E-state index >= 15 is 0 Å². The Kier molecular flexibility index (Phi) is 7.03. The van der Waals surface area contributed by atoms with Crippen LogP contribution in [0.25, 0.3) is 0 Å². The summed E-state index contributed by atoms with van der Waals surface area (Å²) in [5.41, 5.74) is 4.03. The maximum absolute atomic E-state index is 12.1. The van der Waals surface area contributed by atoms with Gasteiger partial charge in [0, 0.05) is 17.7 Å². The summed E-state index contributed by atoms with van der Waals surface area (Å²) in [5, 5.41) is 10.7. The van der Waals surface area contributed by atoms with Crippen molar-refractivity contribution in [1.29, 1.82) is 0 Å². The molecule has 0 saturated carbocycles. The van der Waals surface area contributed by atoms with Gasteiger partial charge in [0.15, 0.2) is 6.61 Å². The van der Waals surface area contributed by atoms with Crippen molar-refractivity contribution < 1.29 is 28.8 Å². The molecule has 2 amide bonds. The molecule has 10 heteroatoms. The van der Waals surface area contributed by atoms with Crippen LogP contribution in [0.4, 0.5) is 5.69 Å². The summed E-state index contributed by atoms with van der Waals surface area (Å²) in [4.78, 5) is 45.8. The Labute approximate surface area is 159 Å². The number of benzene rings is 2. The molecule has 0 bridgehead atoms. The number of nitrogens with zero attached hydrogens (tertiary/aromatic N) is 1. The minimum absolute atomic E-state index is 0.0165. The highest BCUT2D eigenvalue weighted by Gasteiger charge is 2.16. The fourth-order valence-corrected chi connectivity index (χ4v) is 2.12. The molecule has 0 heterocycles. The van der Waals surface area contributed by atoms with E-state index in [4.69, 9.17) is 9.47 Å². The van der Waals surface area contributed by atoms with Crippen LogP contribution < -0.4 is 15.6 Å². The second-order valence-corrected chi connectivity index (χ2v) is 5.32. The largest absolute Gasteiger partial charge is 0.493 e. The lowest BCUT2D eigenvalue weighted by atomic mass is 10.2. The maximum Gasteiger partial charge on any atom is 0.342 e. The van der Waals surface area contributed by atoms with Gasteiger partial charge in [-0.15, -0.1) is 0 Å². The first kappa shape index (κ1) is 20.4. The van der Waals surface area contributed by atoms with E-state index in [-0.39, 0.29) is 16.8 Å². The Morgan fingerprint density at radius 3 is 2.54 bits per heavy atom. The van der Waals surface area contributed by atoms with E-state index in [1.54, 1.807) is 25.1 Å². The number of ether oxygens (including phenoxy) is 2. The smallest absolute Gasteiger partial charge is 0.342 e. The number of carbonyl (C=O) groups excluding carboxylic acids is 3. The fraction of sp³-hybridized carbons (Fsp3) is 0.167. The molecule has 0 aromatic heterocycles. The number of para-hydroxylation sites is 1. The van der Waals surface area contributed by atoms with Crippen molar-refractivity contribution in [2.45, 2.75) is 6.92 Å². The molecule has 0 atom stereocenters. The lowest BCUT2D eigenvalue weighted by Crippen LogP contribution is -2.43. The van der Waals surface area contributed by atoms with Gasteiger partial charge in [-0.25, -0.2) is 4.79 Å². The summed E-state index contributed by atoms with van der Waals surface area (Å²) in [6, 6.07) is 11.4. The van der Waals surface area contributed by atoms with Gasteiger partial charge in [-0.2, -0.15) is 0 Å². The molecule has 0 unspecified atom stereocenters. The molecule has 2 N–H and O–H groups in total. The third kappa shape index (κ3) is 5.53. The zero-order valence-electron chi connectivity index (χ0n) is 14.8. The molecule has 28 heavy (non-hydrogen) atoms.